The number of nitrogens with zero attached hydrogens (tertiary/aromatic N) is 1. The van der Waals surface area contributed by atoms with Crippen LogP contribution in [-0.4, -0.2) is 10.9 Å². The Bertz CT molecular complexity index is 443. The number of ether oxygens (including phenoxy) is 1. The van der Waals surface area contributed by atoms with Crippen molar-refractivity contribution >= 4 is 23.3 Å². The van der Waals surface area contributed by atoms with Crippen molar-refractivity contribution in [2.75, 3.05) is 0 Å². The predicted molar refractivity (Wildman–Crippen MR) is 47.2 cm³/mol. The van der Waals surface area contributed by atoms with Crippen LogP contribution >= 0.6 is 11.6 Å². The van der Waals surface area contributed by atoms with Gasteiger partial charge in [0, 0.05) is 11.1 Å². The first kappa shape index (κ1) is 8.96. The number of fused-ring (bicyclic) bond motifs is 1. The first-order valence-corrected chi connectivity index (χ1v) is 4.11. The molecule has 1 aliphatic rings. The van der Waals surface area contributed by atoms with Gasteiger partial charge >= 0.3 is 5.97 Å². The SMILES string of the molecule is O=C1OCc2c1cc(Cl)cc2[N+](=O)[O-]. The summed E-state index contributed by atoms with van der Waals surface area (Å²) in [5.41, 5.74) is 0.312. The molecule has 72 valence electrons. The summed E-state index contributed by atoms with van der Waals surface area (Å²) in [6, 6.07) is 2.58. The van der Waals surface area contributed by atoms with Crippen molar-refractivity contribution < 1.29 is 14.5 Å². The summed E-state index contributed by atoms with van der Waals surface area (Å²) >= 11 is 5.63. The van der Waals surface area contributed by atoms with Gasteiger partial charge in [0.15, 0.2) is 0 Å². The third-order valence-electron chi connectivity index (χ3n) is 1.96. The number of rotatable bonds is 1. The molecule has 14 heavy (non-hydrogen) atoms. The zero-order valence-electron chi connectivity index (χ0n) is 6.82. The smallest absolute Gasteiger partial charge is 0.339 e. The second-order valence-electron chi connectivity index (χ2n) is 2.78. The minimum Gasteiger partial charge on any atom is -0.457 e. The van der Waals surface area contributed by atoms with E-state index in [2.05, 4.69) is 4.74 Å². The molecule has 0 spiro atoms. The molecule has 0 unspecified atom stereocenters. The van der Waals surface area contributed by atoms with Crippen molar-refractivity contribution in [3.05, 3.63) is 38.4 Å². The van der Waals surface area contributed by atoms with Crippen LogP contribution in [0.3, 0.4) is 0 Å². The lowest BCUT2D eigenvalue weighted by atomic mass is 10.1. The molecule has 1 aromatic rings. The first-order valence-electron chi connectivity index (χ1n) is 3.73. The molecule has 0 bridgehead atoms. The number of esters is 1. The highest BCUT2D eigenvalue weighted by molar-refractivity contribution is 6.31. The van der Waals surface area contributed by atoms with Crippen molar-refractivity contribution in [2.45, 2.75) is 6.61 Å². The molecular weight excluding hydrogens is 210 g/mol. The van der Waals surface area contributed by atoms with Crippen molar-refractivity contribution in [2.24, 2.45) is 0 Å². The van der Waals surface area contributed by atoms with E-state index in [1.54, 1.807) is 0 Å². The lowest BCUT2D eigenvalue weighted by Gasteiger charge is -1.97. The normalized spacial score (nSPS) is 13.6. The van der Waals surface area contributed by atoms with Crippen molar-refractivity contribution in [3.8, 4) is 0 Å². The van der Waals surface area contributed by atoms with Crippen molar-refractivity contribution in [1.82, 2.24) is 0 Å². The quantitative estimate of drug-likeness (QED) is 0.406. The number of hydrogen-bond acceptors (Lipinski definition) is 4. The molecule has 1 aliphatic heterocycles. The fraction of sp³-hybridized carbons (Fsp3) is 0.125. The fourth-order valence-electron chi connectivity index (χ4n) is 1.33. The van der Waals surface area contributed by atoms with Gasteiger partial charge in [0.25, 0.3) is 5.69 Å². The van der Waals surface area contributed by atoms with E-state index in [1.165, 1.54) is 12.1 Å². The number of cyclic esters (lactones) is 1. The Kier molecular flexibility index (Phi) is 1.89. The molecule has 1 heterocycles. The van der Waals surface area contributed by atoms with Gasteiger partial charge in [-0.1, -0.05) is 11.6 Å². The van der Waals surface area contributed by atoms with Crippen LogP contribution in [0, 0.1) is 10.1 Å². The standard InChI is InChI=1S/C8H4ClNO4/c9-4-1-5-6(3-14-8(5)11)7(2-4)10(12)13/h1-2H,3H2. The Balaban J connectivity index is 2.69. The van der Waals surface area contributed by atoms with E-state index >= 15 is 0 Å². The third kappa shape index (κ3) is 1.22. The summed E-state index contributed by atoms with van der Waals surface area (Å²) in [7, 11) is 0. The molecule has 1 aromatic carbocycles. The fourth-order valence-corrected chi connectivity index (χ4v) is 1.55. The van der Waals surface area contributed by atoms with Crippen LogP contribution in [-0.2, 0) is 11.3 Å². The Morgan fingerprint density at radius 2 is 2.21 bits per heavy atom. The van der Waals surface area contributed by atoms with E-state index in [0.29, 0.717) is 5.56 Å². The van der Waals surface area contributed by atoms with Gasteiger partial charge in [-0.05, 0) is 6.07 Å². The summed E-state index contributed by atoms with van der Waals surface area (Å²) in [5.74, 6) is -0.564. The predicted octanol–water partition coefficient (Wildman–Crippen LogP) is 1.92. The number of carbonyl (C=O) groups is 1. The van der Waals surface area contributed by atoms with Gasteiger partial charge in [-0.15, -0.1) is 0 Å². The van der Waals surface area contributed by atoms with Gasteiger partial charge in [-0.2, -0.15) is 0 Å². The highest BCUT2D eigenvalue weighted by Crippen LogP contribution is 2.32. The van der Waals surface area contributed by atoms with Gasteiger partial charge < -0.3 is 4.74 Å². The monoisotopic (exact) mass is 213 g/mol. The number of nitro benzene ring substituents is 1. The highest BCUT2D eigenvalue weighted by atomic mass is 35.5. The number of hydrogen-bond donors (Lipinski definition) is 0. The van der Waals surface area contributed by atoms with Crippen LogP contribution in [0.4, 0.5) is 5.69 Å². The maximum atomic E-state index is 11.1. The summed E-state index contributed by atoms with van der Waals surface area (Å²) < 4.78 is 4.67. The van der Waals surface area contributed by atoms with Crippen LogP contribution in [0.15, 0.2) is 12.1 Å². The molecule has 0 saturated heterocycles. The Hall–Kier alpha value is -1.62. The van der Waals surface area contributed by atoms with E-state index < -0.39 is 10.9 Å². The van der Waals surface area contributed by atoms with Crippen LogP contribution in [0.2, 0.25) is 5.02 Å². The molecular formula is C8H4ClNO4. The minimum absolute atomic E-state index is 0.0539. The number of halogens is 1. The zero-order valence-corrected chi connectivity index (χ0v) is 7.58. The van der Waals surface area contributed by atoms with Gasteiger partial charge in [-0.25, -0.2) is 4.79 Å². The Labute approximate surface area is 83.4 Å². The van der Waals surface area contributed by atoms with Crippen LogP contribution in [0.1, 0.15) is 15.9 Å². The van der Waals surface area contributed by atoms with Gasteiger partial charge in [0.05, 0.1) is 16.1 Å². The topological polar surface area (TPSA) is 69.4 Å². The van der Waals surface area contributed by atoms with E-state index in [4.69, 9.17) is 11.6 Å². The Morgan fingerprint density at radius 1 is 1.50 bits per heavy atom. The second kappa shape index (κ2) is 2.95. The van der Waals surface area contributed by atoms with Crippen LogP contribution < -0.4 is 0 Å². The molecule has 0 radical (unpaired) electrons. The van der Waals surface area contributed by atoms with Crippen LogP contribution in [0.25, 0.3) is 0 Å². The van der Waals surface area contributed by atoms with Gasteiger partial charge in [0.1, 0.15) is 6.61 Å². The van der Waals surface area contributed by atoms with E-state index in [1.807, 2.05) is 0 Å². The van der Waals surface area contributed by atoms with Crippen molar-refractivity contribution in [1.29, 1.82) is 0 Å². The summed E-state index contributed by atoms with van der Waals surface area (Å²) in [6.45, 7) is -0.0539. The summed E-state index contributed by atoms with van der Waals surface area (Å²) in [6.07, 6.45) is 0. The third-order valence-corrected chi connectivity index (χ3v) is 2.17. The lowest BCUT2D eigenvalue weighted by molar-refractivity contribution is -0.385. The number of carbonyl (C=O) groups excluding carboxylic acids is 1. The highest BCUT2D eigenvalue weighted by Gasteiger charge is 2.29. The molecule has 0 saturated carbocycles. The van der Waals surface area contributed by atoms with Crippen molar-refractivity contribution in [3.63, 3.8) is 0 Å². The lowest BCUT2D eigenvalue weighted by Crippen LogP contribution is -1.96. The Morgan fingerprint density at radius 3 is 2.86 bits per heavy atom. The summed E-state index contributed by atoms with van der Waals surface area (Å²) in [4.78, 5) is 21.1. The molecule has 2 rings (SSSR count). The average Bonchev–Trinajstić information content (AvgIpc) is 2.47. The summed E-state index contributed by atoms with van der Waals surface area (Å²) in [5, 5.41) is 10.8. The van der Waals surface area contributed by atoms with E-state index in [9.17, 15) is 14.9 Å². The maximum absolute atomic E-state index is 11.1. The largest absolute Gasteiger partial charge is 0.457 e. The van der Waals surface area contributed by atoms with Gasteiger partial charge in [-0.3, -0.25) is 10.1 Å². The molecule has 6 heteroatoms. The molecule has 0 N–H and O–H groups in total. The zero-order chi connectivity index (χ0) is 10.3. The first-order chi connectivity index (χ1) is 6.59. The number of benzene rings is 1. The van der Waals surface area contributed by atoms with Gasteiger partial charge in [0.2, 0.25) is 0 Å². The maximum Gasteiger partial charge on any atom is 0.339 e. The molecule has 0 aliphatic carbocycles. The molecule has 0 aromatic heterocycles. The molecule has 0 amide bonds. The average molecular weight is 214 g/mol. The molecule has 0 fully saturated rings. The second-order valence-corrected chi connectivity index (χ2v) is 3.22. The number of nitro groups is 1. The van der Waals surface area contributed by atoms with E-state index in [0.717, 1.165) is 0 Å². The molecule has 0 atom stereocenters. The van der Waals surface area contributed by atoms with E-state index in [-0.39, 0.29) is 22.9 Å². The molecule has 5 nitrogen and oxygen atoms in total. The minimum atomic E-state index is -0.577. The van der Waals surface area contributed by atoms with Crippen LogP contribution in [0.5, 0.6) is 0 Å².